The third-order valence-corrected chi connectivity index (χ3v) is 7.83. The summed E-state index contributed by atoms with van der Waals surface area (Å²) in [4.78, 5) is 26.4. The van der Waals surface area contributed by atoms with Gasteiger partial charge in [0.15, 0.2) is 11.4 Å². The van der Waals surface area contributed by atoms with E-state index in [-0.39, 0.29) is 11.9 Å². The van der Waals surface area contributed by atoms with Crippen molar-refractivity contribution >= 4 is 28.6 Å². The Labute approximate surface area is 208 Å². The molecule has 9 heteroatoms. The van der Waals surface area contributed by atoms with E-state index in [4.69, 9.17) is 14.7 Å². The molecule has 0 aliphatic carbocycles. The van der Waals surface area contributed by atoms with Crippen LogP contribution in [0.5, 0.6) is 0 Å². The van der Waals surface area contributed by atoms with Crippen LogP contribution in [0.4, 0.5) is 5.82 Å². The summed E-state index contributed by atoms with van der Waals surface area (Å²) < 4.78 is 7.22. The second-order valence-electron chi connectivity index (χ2n) is 9.23. The van der Waals surface area contributed by atoms with Crippen LogP contribution in [0.2, 0.25) is 0 Å². The number of nitrogens with zero attached hydrogens (tertiary/aromatic N) is 5. The minimum absolute atomic E-state index is 0.149. The van der Waals surface area contributed by atoms with Gasteiger partial charge in [0.25, 0.3) is 0 Å². The van der Waals surface area contributed by atoms with Gasteiger partial charge in [0, 0.05) is 44.4 Å². The Bertz CT molecular complexity index is 1340. The predicted molar refractivity (Wildman–Crippen MR) is 137 cm³/mol. The standard InChI is InChI=1S/C26H28N6O2S/c1-34-19-15-31(16-19)25-13-17(23(33)7-6-18-4-2-9-27-18)12-22(29-25)20-14-28-32-10-8-21(30-26(20)32)24-5-3-11-35-24/h3,5,8,10-14,18-19,27H,2,4,6-7,9,15-16H2,1H3/t18-/m0/s1. The monoisotopic (exact) mass is 488 g/mol. The molecule has 0 bridgehead atoms. The van der Waals surface area contributed by atoms with Crippen LogP contribution < -0.4 is 10.2 Å². The number of rotatable bonds is 8. The highest BCUT2D eigenvalue weighted by molar-refractivity contribution is 7.13. The van der Waals surface area contributed by atoms with Gasteiger partial charge in [-0.2, -0.15) is 5.10 Å². The van der Waals surface area contributed by atoms with Gasteiger partial charge >= 0.3 is 0 Å². The van der Waals surface area contributed by atoms with Crippen molar-refractivity contribution in [2.75, 3.05) is 31.6 Å². The van der Waals surface area contributed by atoms with E-state index in [0.29, 0.717) is 18.0 Å². The van der Waals surface area contributed by atoms with Crippen LogP contribution in [0.15, 0.2) is 48.1 Å². The van der Waals surface area contributed by atoms with Crippen LogP contribution in [-0.2, 0) is 4.74 Å². The molecule has 0 saturated carbocycles. The van der Waals surface area contributed by atoms with Crippen LogP contribution in [0.25, 0.3) is 27.5 Å². The summed E-state index contributed by atoms with van der Waals surface area (Å²) in [7, 11) is 1.73. The van der Waals surface area contributed by atoms with Gasteiger partial charge in [-0.15, -0.1) is 11.3 Å². The Balaban J connectivity index is 1.36. The molecule has 2 aliphatic rings. The van der Waals surface area contributed by atoms with Crippen molar-refractivity contribution in [3.05, 3.63) is 53.7 Å². The van der Waals surface area contributed by atoms with Gasteiger partial charge in [0.2, 0.25) is 0 Å². The van der Waals surface area contributed by atoms with Crippen molar-refractivity contribution in [3.8, 4) is 21.8 Å². The van der Waals surface area contributed by atoms with Crippen molar-refractivity contribution in [2.24, 2.45) is 0 Å². The van der Waals surface area contributed by atoms with Gasteiger partial charge in [-0.05, 0) is 55.5 Å². The number of ketones is 1. The molecule has 0 amide bonds. The fourth-order valence-corrected chi connectivity index (χ4v) is 5.51. The molecule has 35 heavy (non-hydrogen) atoms. The molecule has 6 heterocycles. The number of carbonyl (C=O) groups is 1. The van der Waals surface area contributed by atoms with E-state index < -0.39 is 0 Å². The highest BCUT2D eigenvalue weighted by Crippen LogP contribution is 2.31. The average molecular weight is 489 g/mol. The van der Waals surface area contributed by atoms with Crippen molar-refractivity contribution in [2.45, 2.75) is 37.8 Å². The van der Waals surface area contributed by atoms with Crippen molar-refractivity contribution in [3.63, 3.8) is 0 Å². The fraction of sp³-hybridized carbons (Fsp3) is 0.385. The second-order valence-corrected chi connectivity index (χ2v) is 10.2. The molecule has 0 radical (unpaired) electrons. The Morgan fingerprint density at radius 1 is 1.23 bits per heavy atom. The number of anilines is 1. The Hall–Kier alpha value is -3.14. The molecule has 2 fully saturated rings. The summed E-state index contributed by atoms with van der Waals surface area (Å²) >= 11 is 1.65. The van der Waals surface area contributed by atoms with E-state index in [9.17, 15) is 4.79 Å². The lowest BCUT2D eigenvalue weighted by molar-refractivity contribution is 0.0783. The lowest BCUT2D eigenvalue weighted by Gasteiger charge is -2.39. The number of Topliss-reactive ketones (excluding diaryl/α,β-unsaturated/α-hetero) is 1. The van der Waals surface area contributed by atoms with Crippen LogP contribution in [0.3, 0.4) is 0 Å². The number of hydrogen-bond donors (Lipinski definition) is 1. The molecule has 0 aromatic carbocycles. The van der Waals surface area contributed by atoms with Gasteiger partial charge in [-0.3, -0.25) is 4.79 Å². The molecule has 6 rings (SSSR count). The number of thiophene rings is 1. The first kappa shape index (κ1) is 22.3. The maximum atomic E-state index is 13.3. The molecular formula is C26H28N6O2S. The molecule has 0 unspecified atom stereocenters. The van der Waals surface area contributed by atoms with E-state index in [1.165, 1.54) is 6.42 Å². The zero-order valence-corrected chi connectivity index (χ0v) is 20.5. The molecule has 180 valence electrons. The van der Waals surface area contributed by atoms with Gasteiger partial charge in [0.05, 0.1) is 34.1 Å². The molecule has 1 atom stereocenters. The van der Waals surface area contributed by atoms with E-state index >= 15 is 0 Å². The largest absolute Gasteiger partial charge is 0.378 e. The molecule has 4 aromatic rings. The number of ether oxygens (including phenoxy) is 1. The summed E-state index contributed by atoms with van der Waals surface area (Å²) in [6.07, 6.45) is 7.63. The average Bonchev–Trinajstić information content (AvgIpc) is 3.63. The number of nitrogens with one attached hydrogen (secondary N) is 1. The van der Waals surface area contributed by atoms with Gasteiger partial charge < -0.3 is 15.0 Å². The Morgan fingerprint density at radius 2 is 2.14 bits per heavy atom. The lowest BCUT2D eigenvalue weighted by atomic mass is 10.0. The maximum absolute atomic E-state index is 13.3. The summed E-state index contributed by atoms with van der Waals surface area (Å²) in [5.41, 5.74) is 3.86. The summed E-state index contributed by atoms with van der Waals surface area (Å²) in [6, 6.07) is 10.3. The summed E-state index contributed by atoms with van der Waals surface area (Å²) in [5, 5.41) is 10.0. The number of fused-ring (bicyclic) bond motifs is 1. The van der Waals surface area contributed by atoms with E-state index in [1.807, 2.05) is 35.8 Å². The number of carbonyl (C=O) groups excluding carboxylic acids is 1. The Kier molecular flexibility index (Phi) is 6.05. The van der Waals surface area contributed by atoms with Gasteiger partial charge in [-0.1, -0.05) is 6.07 Å². The van der Waals surface area contributed by atoms with E-state index in [2.05, 4.69) is 21.4 Å². The van der Waals surface area contributed by atoms with E-state index in [0.717, 1.165) is 65.8 Å². The zero-order chi connectivity index (χ0) is 23.8. The highest BCUT2D eigenvalue weighted by atomic mass is 32.1. The normalized spacial score (nSPS) is 18.3. The molecular weight excluding hydrogens is 460 g/mol. The number of pyridine rings is 1. The Morgan fingerprint density at radius 3 is 2.91 bits per heavy atom. The smallest absolute Gasteiger partial charge is 0.165 e. The van der Waals surface area contributed by atoms with Gasteiger partial charge in [-0.25, -0.2) is 14.5 Å². The first-order valence-corrected chi connectivity index (χ1v) is 13.0. The number of hydrogen-bond acceptors (Lipinski definition) is 8. The van der Waals surface area contributed by atoms with Crippen LogP contribution in [-0.4, -0.2) is 64.3 Å². The predicted octanol–water partition coefficient (Wildman–Crippen LogP) is 4.07. The van der Waals surface area contributed by atoms with Gasteiger partial charge in [0.1, 0.15) is 5.82 Å². The first-order valence-electron chi connectivity index (χ1n) is 12.1. The third kappa shape index (κ3) is 4.47. The summed E-state index contributed by atoms with van der Waals surface area (Å²) in [5.74, 6) is 0.947. The zero-order valence-electron chi connectivity index (χ0n) is 19.7. The maximum Gasteiger partial charge on any atom is 0.165 e. The second kappa shape index (κ2) is 9.49. The van der Waals surface area contributed by atoms with Crippen LogP contribution in [0.1, 0.15) is 36.0 Å². The SMILES string of the molecule is COC1CN(c2cc(C(=O)CC[C@@H]3CCCN3)cc(-c3cnn4ccc(-c5cccs5)nc34)n2)C1. The molecule has 8 nitrogen and oxygen atoms in total. The van der Waals surface area contributed by atoms with E-state index in [1.54, 1.807) is 29.2 Å². The highest BCUT2D eigenvalue weighted by Gasteiger charge is 2.29. The van der Waals surface area contributed by atoms with Crippen molar-refractivity contribution in [1.29, 1.82) is 0 Å². The fourth-order valence-electron chi connectivity index (χ4n) is 4.82. The molecule has 0 spiro atoms. The summed E-state index contributed by atoms with van der Waals surface area (Å²) in [6.45, 7) is 2.58. The first-order chi connectivity index (χ1) is 17.2. The minimum Gasteiger partial charge on any atom is -0.378 e. The number of methoxy groups -OCH3 is 1. The van der Waals surface area contributed by atoms with Crippen molar-refractivity contribution in [1.82, 2.24) is 24.9 Å². The molecule has 2 saturated heterocycles. The van der Waals surface area contributed by atoms with Crippen LogP contribution >= 0.6 is 11.3 Å². The van der Waals surface area contributed by atoms with Crippen LogP contribution in [0, 0.1) is 0 Å². The topological polar surface area (TPSA) is 84.7 Å². The minimum atomic E-state index is 0.149. The van der Waals surface area contributed by atoms with Crippen molar-refractivity contribution < 1.29 is 9.53 Å². The third-order valence-electron chi connectivity index (χ3n) is 6.94. The lowest BCUT2D eigenvalue weighted by Crippen LogP contribution is -2.52. The number of aromatic nitrogens is 4. The molecule has 2 aliphatic heterocycles. The quantitative estimate of drug-likeness (QED) is 0.374. The molecule has 1 N–H and O–H groups in total. The molecule has 4 aromatic heterocycles.